The molecule has 0 bridgehead atoms. The standard InChI is InChI=1S/C18H24ClN5O3S2/c1-11(21)14(6-12-4-2-3-5-13(12)8-20)10-27-17-16(19)7-15(9-23-17)29(25,26)24-18(22)28/h2-5,7,9,11,14H,6,8,10,20-21H2,1H3,(H3,22,24,28)/t11-,14+/m1/s1. The number of rotatable bonds is 9. The third kappa shape index (κ3) is 6.51. The van der Waals surface area contributed by atoms with E-state index in [1.165, 1.54) is 6.07 Å². The van der Waals surface area contributed by atoms with Gasteiger partial charge in [-0.15, -0.1) is 0 Å². The van der Waals surface area contributed by atoms with Crippen molar-refractivity contribution in [3.63, 3.8) is 0 Å². The molecule has 2 atom stereocenters. The van der Waals surface area contributed by atoms with E-state index in [4.69, 9.17) is 33.5 Å². The van der Waals surface area contributed by atoms with Crippen LogP contribution in [0.15, 0.2) is 41.4 Å². The van der Waals surface area contributed by atoms with Crippen LogP contribution in [0.2, 0.25) is 5.02 Å². The summed E-state index contributed by atoms with van der Waals surface area (Å²) in [6.45, 7) is 2.58. The molecule has 0 unspecified atom stereocenters. The van der Waals surface area contributed by atoms with Gasteiger partial charge in [-0.1, -0.05) is 35.9 Å². The lowest BCUT2D eigenvalue weighted by molar-refractivity contribution is 0.221. The molecule has 0 saturated carbocycles. The second kappa shape index (κ2) is 10.2. The number of hydrogen-bond acceptors (Lipinski definition) is 7. The quantitative estimate of drug-likeness (QED) is 0.412. The van der Waals surface area contributed by atoms with Gasteiger partial charge in [-0.3, -0.25) is 4.72 Å². The van der Waals surface area contributed by atoms with E-state index >= 15 is 0 Å². The molecule has 2 aromatic rings. The van der Waals surface area contributed by atoms with Gasteiger partial charge in [-0.2, -0.15) is 0 Å². The normalized spacial score (nSPS) is 13.5. The van der Waals surface area contributed by atoms with Gasteiger partial charge in [0, 0.05) is 18.5 Å². The van der Waals surface area contributed by atoms with Crippen molar-refractivity contribution in [2.75, 3.05) is 6.61 Å². The summed E-state index contributed by atoms with van der Waals surface area (Å²) in [5.41, 5.74) is 19.3. The van der Waals surface area contributed by atoms with E-state index in [9.17, 15) is 8.42 Å². The van der Waals surface area contributed by atoms with Crippen molar-refractivity contribution in [1.82, 2.24) is 9.71 Å². The highest BCUT2D eigenvalue weighted by Crippen LogP contribution is 2.26. The van der Waals surface area contributed by atoms with Gasteiger partial charge in [0.15, 0.2) is 5.11 Å². The maximum atomic E-state index is 12.1. The van der Waals surface area contributed by atoms with Crippen LogP contribution in [0.3, 0.4) is 0 Å². The first kappa shape index (κ1) is 23.3. The number of aromatic nitrogens is 1. The summed E-state index contributed by atoms with van der Waals surface area (Å²) in [6.07, 6.45) is 1.79. The third-order valence-electron chi connectivity index (χ3n) is 4.33. The minimum absolute atomic E-state index is 0.0275. The highest BCUT2D eigenvalue weighted by atomic mass is 35.5. The molecule has 0 aliphatic rings. The lowest BCUT2D eigenvalue weighted by Crippen LogP contribution is -2.34. The first-order chi connectivity index (χ1) is 13.6. The number of ether oxygens (including phenoxy) is 1. The van der Waals surface area contributed by atoms with Crippen LogP contribution in [-0.2, 0) is 23.0 Å². The molecule has 7 N–H and O–H groups in total. The van der Waals surface area contributed by atoms with Crippen LogP contribution in [0, 0.1) is 5.92 Å². The third-order valence-corrected chi connectivity index (χ3v) is 6.16. The Morgan fingerprint density at radius 3 is 2.55 bits per heavy atom. The van der Waals surface area contributed by atoms with Crippen molar-refractivity contribution in [3.05, 3.63) is 52.7 Å². The summed E-state index contributed by atoms with van der Waals surface area (Å²) < 4.78 is 31.9. The Kier molecular flexibility index (Phi) is 8.17. The molecule has 0 aliphatic carbocycles. The van der Waals surface area contributed by atoms with Gasteiger partial charge in [0.25, 0.3) is 10.0 Å². The molecule has 0 spiro atoms. The maximum absolute atomic E-state index is 12.1. The topological polar surface area (TPSA) is 146 Å². The minimum atomic E-state index is -3.94. The van der Waals surface area contributed by atoms with Crippen LogP contribution in [0.1, 0.15) is 18.1 Å². The van der Waals surface area contributed by atoms with E-state index in [-0.39, 0.29) is 39.5 Å². The van der Waals surface area contributed by atoms with Crippen LogP contribution in [-0.4, -0.2) is 31.2 Å². The number of hydrogen-bond donors (Lipinski definition) is 4. The highest BCUT2D eigenvalue weighted by molar-refractivity contribution is 7.91. The Morgan fingerprint density at radius 2 is 2.00 bits per heavy atom. The van der Waals surface area contributed by atoms with Gasteiger partial charge in [-0.05, 0) is 42.8 Å². The molecule has 0 amide bonds. The number of benzene rings is 1. The molecule has 0 aliphatic heterocycles. The van der Waals surface area contributed by atoms with Crippen LogP contribution >= 0.6 is 23.8 Å². The summed E-state index contributed by atoms with van der Waals surface area (Å²) in [5, 5.41) is -0.333. The number of nitrogens with zero attached hydrogens (tertiary/aromatic N) is 1. The average Bonchev–Trinajstić information content (AvgIpc) is 2.64. The second-order valence-corrected chi connectivity index (χ2v) is 9.06. The molecule has 2 rings (SSSR count). The molecule has 0 fully saturated rings. The zero-order valence-electron chi connectivity index (χ0n) is 15.8. The smallest absolute Gasteiger partial charge is 0.265 e. The summed E-state index contributed by atoms with van der Waals surface area (Å²) >= 11 is 10.7. The molecule has 0 saturated heterocycles. The maximum Gasteiger partial charge on any atom is 0.265 e. The molecular weight excluding hydrogens is 434 g/mol. The largest absolute Gasteiger partial charge is 0.476 e. The molecule has 158 valence electrons. The lowest BCUT2D eigenvalue weighted by Gasteiger charge is -2.22. The van der Waals surface area contributed by atoms with E-state index < -0.39 is 10.0 Å². The number of pyridine rings is 1. The van der Waals surface area contributed by atoms with Crippen molar-refractivity contribution in [2.45, 2.75) is 30.8 Å². The van der Waals surface area contributed by atoms with Gasteiger partial charge in [0.2, 0.25) is 5.88 Å². The van der Waals surface area contributed by atoms with E-state index in [1.54, 1.807) is 0 Å². The predicted molar refractivity (Wildman–Crippen MR) is 117 cm³/mol. The molecule has 29 heavy (non-hydrogen) atoms. The molecule has 1 aromatic heterocycles. The van der Waals surface area contributed by atoms with Crippen LogP contribution in [0.5, 0.6) is 5.88 Å². The fourth-order valence-corrected chi connectivity index (χ4v) is 4.14. The zero-order valence-corrected chi connectivity index (χ0v) is 18.2. The molecule has 8 nitrogen and oxygen atoms in total. The fraction of sp³-hybridized carbons (Fsp3) is 0.333. The first-order valence-electron chi connectivity index (χ1n) is 8.77. The molecule has 1 aromatic carbocycles. The lowest BCUT2D eigenvalue weighted by atomic mass is 9.91. The van der Waals surface area contributed by atoms with Crippen molar-refractivity contribution >= 4 is 39.0 Å². The van der Waals surface area contributed by atoms with Crippen molar-refractivity contribution < 1.29 is 13.2 Å². The van der Waals surface area contributed by atoms with Crippen LogP contribution in [0.25, 0.3) is 0 Å². The van der Waals surface area contributed by atoms with Crippen molar-refractivity contribution in [1.29, 1.82) is 0 Å². The van der Waals surface area contributed by atoms with Gasteiger partial charge < -0.3 is 21.9 Å². The Hall–Kier alpha value is -1.98. The Morgan fingerprint density at radius 1 is 1.34 bits per heavy atom. The van der Waals surface area contributed by atoms with Crippen molar-refractivity contribution in [2.24, 2.45) is 23.1 Å². The summed E-state index contributed by atoms with van der Waals surface area (Å²) in [7, 11) is -3.94. The Bertz CT molecular complexity index is 970. The Labute approximate surface area is 180 Å². The van der Waals surface area contributed by atoms with Gasteiger partial charge in [0.05, 0.1) is 12.8 Å². The second-order valence-electron chi connectivity index (χ2n) is 6.53. The summed E-state index contributed by atoms with van der Waals surface area (Å²) in [5.74, 6) is 0.0824. The minimum Gasteiger partial charge on any atom is -0.476 e. The van der Waals surface area contributed by atoms with E-state index in [2.05, 4.69) is 17.2 Å². The molecular formula is C18H24ClN5O3S2. The zero-order chi connectivity index (χ0) is 21.6. The van der Waals surface area contributed by atoms with Gasteiger partial charge >= 0.3 is 0 Å². The molecule has 11 heteroatoms. The summed E-state index contributed by atoms with van der Waals surface area (Å²) in [4.78, 5) is 3.83. The van der Waals surface area contributed by atoms with Crippen LogP contribution < -0.4 is 26.7 Å². The first-order valence-corrected chi connectivity index (χ1v) is 11.0. The summed E-state index contributed by atoms with van der Waals surface area (Å²) in [6, 6.07) is 8.94. The molecule has 1 heterocycles. The van der Waals surface area contributed by atoms with Gasteiger partial charge in [-0.25, -0.2) is 13.4 Å². The highest BCUT2D eigenvalue weighted by Gasteiger charge is 2.20. The SMILES string of the molecule is C[C@@H](N)[C@H](COc1ncc(S(=O)(=O)NC(N)=S)cc1Cl)Cc1ccccc1CN. The van der Waals surface area contributed by atoms with Gasteiger partial charge in [0.1, 0.15) is 9.92 Å². The number of nitrogens with one attached hydrogen (secondary N) is 1. The van der Waals surface area contributed by atoms with E-state index in [0.29, 0.717) is 13.0 Å². The monoisotopic (exact) mass is 457 g/mol. The number of thiocarbonyl (C=S) groups is 1. The average molecular weight is 458 g/mol. The molecule has 0 radical (unpaired) electrons. The Balaban J connectivity index is 2.13. The van der Waals surface area contributed by atoms with Crippen LogP contribution in [0.4, 0.5) is 0 Å². The van der Waals surface area contributed by atoms with E-state index in [1.807, 2.05) is 35.9 Å². The fourth-order valence-electron chi connectivity index (χ4n) is 2.67. The number of nitrogens with two attached hydrogens (primary N) is 3. The number of sulfonamides is 1. The number of halogens is 1. The van der Waals surface area contributed by atoms with Crippen molar-refractivity contribution in [3.8, 4) is 5.88 Å². The predicted octanol–water partition coefficient (Wildman–Crippen LogP) is 1.30. The van der Waals surface area contributed by atoms with E-state index in [0.717, 1.165) is 17.3 Å².